The fraction of sp³-hybridized carbons (Fsp3) is 0.158. The summed E-state index contributed by atoms with van der Waals surface area (Å²) in [6, 6.07) is 16.9. The normalized spacial score (nSPS) is 10.3. The third-order valence-electron chi connectivity index (χ3n) is 3.52. The summed E-state index contributed by atoms with van der Waals surface area (Å²) in [5.74, 6) is 1.49. The van der Waals surface area contributed by atoms with E-state index in [1.807, 2.05) is 61.5 Å². The number of anilines is 1. The van der Waals surface area contributed by atoms with Gasteiger partial charge in [-0.05, 0) is 37.3 Å². The molecule has 0 saturated heterocycles. The van der Waals surface area contributed by atoms with Crippen LogP contribution >= 0.6 is 11.6 Å². The molecule has 5 nitrogen and oxygen atoms in total. The van der Waals surface area contributed by atoms with Gasteiger partial charge in [0.2, 0.25) is 17.5 Å². The number of hydrogen-bond acceptors (Lipinski definition) is 5. The van der Waals surface area contributed by atoms with Crippen molar-refractivity contribution in [2.75, 3.05) is 11.9 Å². The lowest BCUT2D eigenvalue weighted by Crippen LogP contribution is -1.96. The Morgan fingerprint density at radius 2 is 1.96 bits per heavy atom. The summed E-state index contributed by atoms with van der Waals surface area (Å²) < 4.78 is 11.4. The molecule has 0 aliphatic carbocycles. The van der Waals surface area contributed by atoms with Crippen LogP contribution in [0.15, 0.2) is 52.9 Å². The highest BCUT2D eigenvalue weighted by Gasteiger charge is 2.13. The van der Waals surface area contributed by atoms with Crippen molar-refractivity contribution in [3.05, 3.63) is 64.8 Å². The number of hydrogen-bond donors (Lipinski definition) is 1. The first kappa shape index (κ1) is 16.9. The highest BCUT2D eigenvalue weighted by atomic mass is 35.5. The van der Waals surface area contributed by atoms with Crippen LogP contribution in [0.3, 0.4) is 0 Å². The average Bonchev–Trinajstić information content (AvgIpc) is 3.05. The molecule has 0 bridgehead atoms. The minimum atomic E-state index is 0.246. The van der Waals surface area contributed by atoms with Gasteiger partial charge in [-0.2, -0.15) is 10.2 Å². The topological polar surface area (TPSA) is 71.1 Å². The zero-order valence-corrected chi connectivity index (χ0v) is 14.4. The monoisotopic (exact) mass is 353 g/mol. The molecule has 1 N–H and O–H groups in total. The van der Waals surface area contributed by atoms with Crippen LogP contribution in [0.5, 0.6) is 5.75 Å². The van der Waals surface area contributed by atoms with Crippen LogP contribution in [0, 0.1) is 11.3 Å². The van der Waals surface area contributed by atoms with E-state index in [4.69, 9.17) is 26.0 Å². The number of ether oxygens (including phenoxy) is 1. The van der Waals surface area contributed by atoms with Gasteiger partial charge in [0, 0.05) is 22.7 Å². The van der Waals surface area contributed by atoms with Crippen LogP contribution in [0.25, 0.3) is 11.5 Å². The maximum Gasteiger partial charge on any atom is 0.232 e. The van der Waals surface area contributed by atoms with Gasteiger partial charge in [-0.3, -0.25) is 0 Å². The Kier molecular flexibility index (Phi) is 5.22. The molecule has 0 amide bonds. The van der Waals surface area contributed by atoms with Gasteiger partial charge in [-0.15, -0.1) is 0 Å². The molecule has 25 heavy (non-hydrogen) atoms. The van der Waals surface area contributed by atoms with Gasteiger partial charge in [0.1, 0.15) is 18.4 Å². The number of aromatic nitrogens is 1. The Labute approximate surface area is 150 Å². The molecule has 3 aromatic rings. The van der Waals surface area contributed by atoms with Crippen LogP contribution in [0.2, 0.25) is 5.02 Å². The number of nitriles is 1. The lowest BCUT2D eigenvalue weighted by atomic mass is 10.2. The van der Waals surface area contributed by atoms with E-state index < -0.39 is 0 Å². The summed E-state index contributed by atoms with van der Waals surface area (Å²) in [6.07, 6.45) is 0. The Bertz CT molecular complexity index is 898. The molecule has 6 heteroatoms. The van der Waals surface area contributed by atoms with E-state index in [2.05, 4.69) is 10.3 Å². The second kappa shape index (κ2) is 7.73. The minimum absolute atomic E-state index is 0.246. The molecule has 0 saturated carbocycles. The predicted molar refractivity (Wildman–Crippen MR) is 96.6 cm³/mol. The molecular weight excluding hydrogens is 338 g/mol. The largest absolute Gasteiger partial charge is 0.489 e. The van der Waals surface area contributed by atoms with E-state index in [0.717, 1.165) is 11.1 Å². The van der Waals surface area contributed by atoms with Crippen LogP contribution in [-0.2, 0) is 6.61 Å². The number of halogens is 1. The van der Waals surface area contributed by atoms with Crippen LogP contribution in [0.1, 0.15) is 18.2 Å². The second-order valence-corrected chi connectivity index (χ2v) is 5.65. The maximum absolute atomic E-state index is 9.11. The van der Waals surface area contributed by atoms with Crippen LogP contribution in [0.4, 0.5) is 5.88 Å². The third kappa shape index (κ3) is 3.93. The SMILES string of the molecule is CCNc1oc(-c2ccc(OCc3ccccc3Cl)cc2)nc1C#N. The lowest BCUT2D eigenvalue weighted by molar-refractivity contribution is 0.306. The van der Waals surface area contributed by atoms with Gasteiger partial charge in [0.05, 0.1) is 0 Å². The molecule has 2 aromatic carbocycles. The highest BCUT2D eigenvalue weighted by Crippen LogP contribution is 2.27. The molecule has 0 unspecified atom stereocenters. The fourth-order valence-electron chi connectivity index (χ4n) is 2.27. The molecule has 0 aliphatic heterocycles. The fourth-order valence-corrected chi connectivity index (χ4v) is 2.46. The van der Waals surface area contributed by atoms with Gasteiger partial charge in [0.25, 0.3) is 0 Å². The van der Waals surface area contributed by atoms with Gasteiger partial charge >= 0.3 is 0 Å². The summed E-state index contributed by atoms with van der Waals surface area (Å²) in [5, 5.41) is 12.8. The molecule has 0 radical (unpaired) electrons. The Morgan fingerprint density at radius 3 is 2.64 bits per heavy atom. The Balaban J connectivity index is 1.72. The molecule has 0 fully saturated rings. The standard InChI is InChI=1S/C19H16ClN3O2/c1-2-22-19-17(11-21)23-18(25-19)13-7-9-15(10-8-13)24-12-14-5-3-4-6-16(14)20/h3-10,22H,2,12H2,1H3. The highest BCUT2D eigenvalue weighted by molar-refractivity contribution is 6.31. The summed E-state index contributed by atoms with van der Waals surface area (Å²) in [6.45, 7) is 2.97. The summed E-state index contributed by atoms with van der Waals surface area (Å²) in [7, 11) is 0. The van der Waals surface area contributed by atoms with E-state index in [1.165, 1.54) is 0 Å². The predicted octanol–water partition coefficient (Wildman–Crippen LogP) is 4.88. The van der Waals surface area contributed by atoms with Gasteiger partial charge in [-0.25, -0.2) is 0 Å². The number of nitrogens with one attached hydrogen (secondary N) is 1. The van der Waals surface area contributed by atoms with E-state index in [1.54, 1.807) is 0 Å². The first-order chi connectivity index (χ1) is 12.2. The van der Waals surface area contributed by atoms with Crippen molar-refractivity contribution in [3.8, 4) is 23.3 Å². The summed E-state index contributed by atoms with van der Waals surface area (Å²) in [4.78, 5) is 4.20. The molecule has 0 atom stereocenters. The van der Waals surface area contributed by atoms with E-state index >= 15 is 0 Å². The van der Waals surface area contributed by atoms with Crippen molar-refractivity contribution < 1.29 is 9.15 Å². The van der Waals surface area contributed by atoms with E-state index in [0.29, 0.717) is 35.7 Å². The molecule has 1 aromatic heterocycles. The first-order valence-electron chi connectivity index (χ1n) is 7.82. The van der Waals surface area contributed by atoms with Crippen molar-refractivity contribution in [1.29, 1.82) is 5.26 Å². The van der Waals surface area contributed by atoms with Gasteiger partial charge in [0.15, 0.2) is 0 Å². The van der Waals surface area contributed by atoms with E-state index in [9.17, 15) is 0 Å². The second-order valence-electron chi connectivity index (χ2n) is 5.24. The van der Waals surface area contributed by atoms with Crippen LogP contribution in [-0.4, -0.2) is 11.5 Å². The molecule has 3 rings (SSSR count). The molecule has 1 heterocycles. The first-order valence-corrected chi connectivity index (χ1v) is 8.20. The Morgan fingerprint density at radius 1 is 1.20 bits per heavy atom. The number of benzene rings is 2. The Hall–Kier alpha value is -2.97. The van der Waals surface area contributed by atoms with Crippen molar-refractivity contribution in [1.82, 2.24) is 4.98 Å². The van der Waals surface area contributed by atoms with Gasteiger partial charge < -0.3 is 14.5 Å². The quantitative estimate of drug-likeness (QED) is 0.684. The number of oxazole rings is 1. The molecule has 0 aliphatic rings. The van der Waals surface area contributed by atoms with Gasteiger partial charge in [-0.1, -0.05) is 29.8 Å². The van der Waals surface area contributed by atoms with Crippen molar-refractivity contribution >= 4 is 17.5 Å². The number of rotatable bonds is 6. The molecule has 126 valence electrons. The van der Waals surface area contributed by atoms with Crippen molar-refractivity contribution in [2.24, 2.45) is 0 Å². The summed E-state index contributed by atoms with van der Waals surface area (Å²) >= 11 is 6.12. The number of nitrogens with zero attached hydrogens (tertiary/aromatic N) is 2. The third-order valence-corrected chi connectivity index (χ3v) is 3.89. The zero-order valence-electron chi connectivity index (χ0n) is 13.6. The van der Waals surface area contributed by atoms with Crippen molar-refractivity contribution in [2.45, 2.75) is 13.5 Å². The zero-order chi connectivity index (χ0) is 17.6. The average molecular weight is 354 g/mol. The van der Waals surface area contributed by atoms with Crippen LogP contribution < -0.4 is 10.1 Å². The minimum Gasteiger partial charge on any atom is -0.489 e. The molecule has 0 spiro atoms. The van der Waals surface area contributed by atoms with E-state index in [-0.39, 0.29) is 5.69 Å². The maximum atomic E-state index is 9.11. The summed E-state index contributed by atoms with van der Waals surface area (Å²) in [5.41, 5.74) is 1.94. The lowest BCUT2D eigenvalue weighted by Gasteiger charge is -2.08. The van der Waals surface area contributed by atoms with Crippen molar-refractivity contribution in [3.63, 3.8) is 0 Å². The molecular formula is C19H16ClN3O2. The smallest absolute Gasteiger partial charge is 0.232 e.